The fourth-order valence-corrected chi connectivity index (χ4v) is 9.83. The summed E-state index contributed by atoms with van der Waals surface area (Å²) in [5.41, 5.74) is -1.91. The van der Waals surface area contributed by atoms with E-state index in [-0.39, 0.29) is 104 Å². The quantitative estimate of drug-likeness (QED) is 0.0100. The van der Waals surface area contributed by atoms with Crippen molar-refractivity contribution >= 4 is 74.7 Å². The molecule has 2 saturated heterocycles. The Morgan fingerprint density at radius 2 is 1.38 bits per heavy atom. The van der Waals surface area contributed by atoms with Crippen LogP contribution in [0.4, 0.5) is 4.39 Å². The summed E-state index contributed by atoms with van der Waals surface area (Å²) in [5, 5.41) is 85.3. The average molecular weight is 1290 g/mol. The molecule has 2 aliphatic heterocycles. The van der Waals surface area contributed by atoms with Crippen molar-refractivity contribution in [3.8, 4) is 0 Å². The second-order valence-electron chi connectivity index (χ2n) is 19.1. The molecule has 0 saturated carbocycles. The van der Waals surface area contributed by atoms with Crippen LogP contribution in [0.5, 0.6) is 0 Å². The van der Waals surface area contributed by atoms with Gasteiger partial charge < -0.3 is 96.1 Å². The maximum Gasteiger partial charge on any atom is 1.00 e. The van der Waals surface area contributed by atoms with E-state index in [4.69, 9.17) is 23.8 Å². The van der Waals surface area contributed by atoms with Gasteiger partial charge in [-0.25, -0.2) is 23.1 Å². The van der Waals surface area contributed by atoms with Crippen LogP contribution in [0.2, 0.25) is 0 Å². The minimum atomic E-state index is -6.03. The first-order chi connectivity index (χ1) is 39.1. The van der Waals surface area contributed by atoms with Crippen LogP contribution in [-0.2, 0) is 75.1 Å². The number of Topliss-reactive ketones (excluding diaryl/α,β-unsaturated/α-hetero) is 1. The fraction of sp³-hybridized carbons (Fsp3) is 0.689. The molecule has 13 N–H and O–H groups in total. The number of aromatic nitrogens is 2. The number of hydrogen-bond acceptors (Lipinski definition) is 25. The van der Waals surface area contributed by atoms with Crippen LogP contribution in [0.15, 0.2) is 31.8 Å². The summed E-state index contributed by atoms with van der Waals surface area (Å²) in [6.07, 6.45) is -18.8. The summed E-state index contributed by atoms with van der Waals surface area (Å²) < 4.78 is 72.6. The standard InChI is InChI=1S/C45H70FN9O27P2.2Na/c1-19(57)10-12-29(59)47-15-8-7-9-25(40(67)49-20(2)37(64)50-22(4)42(68)69)52-30(60)13-11-26(43(70)71)53-38(65)21(3)48-39(66)23(5)78-36-32(46)27(17-56)80-44(33(36)51-24(6)58)81-84(75,76)82-83(73,74)77-18-28-34(62)35(63)41(79-28)55-16-14-31(61)54-45(55)72;;/h14,16,20-23,25-28,32-36,41,44,56,62-63H,7-13,15,17-18H2,1-6H3,(H,47,59)(H,48,66)(H,49,67)(H,50,64)(H,51,58)(H,52,60)(H,53,65)(H,68,69)(H,70,71)(H,73,74)(H,75,76)(H,54,61,72);;/q;2*+1/p-2/t20-,21+,22-,23-,25+,26-,27-,28-,32-,33-,34-,35-,36+,41-,44-;;/m1../s1. The molecule has 0 radical (unpaired) electrons. The number of aliphatic imine (C=N–C) groups is 2. The number of aliphatic carboxylic acids is 2. The van der Waals surface area contributed by atoms with E-state index in [0.29, 0.717) is 4.57 Å². The van der Waals surface area contributed by atoms with Crippen molar-refractivity contribution in [2.75, 3.05) is 19.8 Å². The Kier molecular flexibility index (Phi) is 34.1. The number of aliphatic hydroxyl groups excluding tert-OH is 3. The zero-order chi connectivity index (χ0) is 63.6. The van der Waals surface area contributed by atoms with Gasteiger partial charge >= 0.3 is 92.4 Å². The van der Waals surface area contributed by atoms with Crippen LogP contribution in [0, 0.1) is 0 Å². The number of carboxylic acids is 2. The maximum absolute atomic E-state index is 16.0. The van der Waals surface area contributed by atoms with E-state index in [0.717, 1.165) is 33.0 Å². The number of hydrogen-bond donors (Lipinski definition) is 13. The van der Waals surface area contributed by atoms with E-state index < -0.39 is 198 Å². The predicted molar refractivity (Wildman–Crippen MR) is 274 cm³/mol. The van der Waals surface area contributed by atoms with Crippen LogP contribution in [-0.4, -0.2) is 209 Å². The molecule has 1 aromatic rings. The minimum Gasteiger partial charge on any atom is -0.862 e. The Hall–Kier alpha value is -4.47. The molecule has 17 atom stereocenters. The number of unbranched alkanes of at least 4 members (excludes halogenated alkanes) is 1. The van der Waals surface area contributed by atoms with E-state index >= 15 is 4.39 Å². The van der Waals surface area contributed by atoms with E-state index in [1.807, 2.05) is 4.98 Å². The first-order valence-electron chi connectivity index (χ1n) is 25.5. The van der Waals surface area contributed by atoms with Crippen molar-refractivity contribution in [1.29, 1.82) is 0 Å². The van der Waals surface area contributed by atoms with E-state index in [1.165, 1.54) is 20.8 Å². The molecule has 0 spiro atoms. The third kappa shape index (κ3) is 25.9. The first kappa shape index (κ1) is 79.5. The maximum atomic E-state index is 16.0. The van der Waals surface area contributed by atoms with Crippen molar-refractivity contribution in [3.63, 3.8) is 0 Å². The van der Waals surface area contributed by atoms with Crippen molar-refractivity contribution in [3.05, 3.63) is 33.1 Å². The Bertz CT molecular complexity index is 2800. The third-order valence-electron chi connectivity index (χ3n) is 12.2. The molecule has 2 fully saturated rings. The number of phosphoric acid groups is 2. The number of H-pyrrole nitrogens is 1. The van der Waals surface area contributed by atoms with Gasteiger partial charge in [-0.15, -0.1) is 0 Å². The molecular formula is C45H68FN9Na2O27P2. The van der Waals surface area contributed by atoms with Crippen molar-refractivity contribution < 1.29 is 184 Å². The van der Waals surface area contributed by atoms with Gasteiger partial charge in [-0.05, 0) is 85.4 Å². The molecule has 2 aliphatic rings. The molecular weight excluding hydrogens is 1230 g/mol. The van der Waals surface area contributed by atoms with Crippen LogP contribution in [0.25, 0.3) is 0 Å². The predicted octanol–water partition coefficient (Wildman–Crippen LogP) is -11.9. The number of aromatic amines is 1. The molecule has 5 amide bonds. The van der Waals surface area contributed by atoms with Gasteiger partial charge in [0.15, 0.2) is 18.7 Å². The van der Waals surface area contributed by atoms with Crippen molar-refractivity contribution in [1.82, 2.24) is 36.1 Å². The van der Waals surface area contributed by atoms with Crippen molar-refractivity contribution in [2.45, 2.75) is 178 Å². The molecule has 3 rings (SSSR count). The monoisotopic (exact) mass is 1290 g/mol. The molecule has 0 aliphatic carbocycles. The van der Waals surface area contributed by atoms with Crippen LogP contribution >= 0.6 is 15.6 Å². The number of carbonyl (C=O) groups is 8. The zero-order valence-electron chi connectivity index (χ0n) is 47.8. The topological polar surface area (TPSA) is 554 Å². The number of alkyl halides is 1. The Labute approximate surface area is 532 Å². The summed E-state index contributed by atoms with van der Waals surface area (Å²) >= 11 is 0. The smallest absolute Gasteiger partial charge is 0.862 e. The summed E-state index contributed by atoms with van der Waals surface area (Å²) in [5.74, 6) is -10.1. The van der Waals surface area contributed by atoms with Gasteiger partial charge in [-0.3, -0.25) is 57.2 Å². The summed E-state index contributed by atoms with van der Waals surface area (Å²) in [6, 6.07) is -8.84. The number of phosphoric ester groups is 2. The molecule has 3 heterocycles. The van der Waals surface area contributed by atoms with Crippen LogP contribution < -0.4 is 107 Å². The average Bonchev–Trinajstić information content (AvgIpc) is 1.95. The number of carbonyl (C=O) groups excluding carboxylic acids is 6. The zero-order valence-corrected chi connectivity index (χ0v) is 53.6. The number of aliphatic hydroxyl groups is 3. The molecule has 2 unspecified atom stereocenters. The van der Waals surface area contributed by atoms with Gasteiger partial charge in [0.25, 0.3) is 5.56 Å². The van der Waals surface area contributed by atoms with E-state index in [1.54, 1.807) is 0 Å². The SMILES string of the molecule is CC(=O)CCC([O-])=NCCCC[C@H](NC(=O)CC[C@@H](NC(=O)[C@H](C)NC(=O)[C@@H](C)O[C@H]1[C@H](F)[C@@H](CO)O[C@H](OP(=O)(O)OP(=O)(O)OC[C@H]2O[C@@H](n3ccc(=O)[nH]c3=O)[C@H](O)[C@@H]2O)[C@@H]1N=C(C)[O-])C(=O)O)C(=O)N[C@H](C)C(=O)N[C@H](C)C(=O)O.[Na+].[Na+]. The number of ether oxygens (including phenoxy) is 3. The first-order valence-corrected chi connectivity index (χ1v) is 28.5. The van der Waals surface area contributed by atoms with Gasteiger partial charge in [-0.2, -0.15) is 4.31 Å². The van der Waals surface area contributed by atoms with Gasteiger partial charge in [0.1, 0.15) is 78.7 Å². The molecule has 36 nitrogen and oxygen atoms in total. The van der Waals surface area contributed by atoms with E-state index in [2.05, 4.69) is 45.4 Å². The normalized spacial score (nSPS) is 24.9. The minimum absolute atomic E-state index is 0. The molecule has 86 heavy (non-hydrogen) atoms. The van der Waals surface area contributed by atoms with Gasteiger partial charge in [-0.1, -0.05) is 0 Å². The number of halogens is 1. The van der Waals surface area contributed by atoms with Crippen molar-refractivity contribution in [2.24, 2.45) is 9.98 Å². The van der Waals surface area contributed by atoms with Gasteiger partial charge in [0, 0.05) is 31.6 Å². The number of ketones is 1. The number of nitrogens with zero attached hydrogens (tertiary/aromatic N) is 3. The number of amides is 5. The van der Waals surface area contributed by atoms with Gasteiger partial charge in [0.05, 0.1) is 13.2 Å². The Balaban J connectivity index is 0.0000185. The number of rotatable bonds is 34. The Morgan fingerprint density at radius 3 is 1.95 bits per heavy atom. The largest absolute Gasteiger partial charge is 1.00 e. The molecule has 474 valence electrons. The third-order valence-corrected chi connectivity index (χ3v) is 14.8. The summed E-state index contributed by atoms with van der Waals surface area (Å²) in [4.78, 5) is 154. The van der Waals surface area contributed by atoms with Crippen LogP contribution in [0.3, 0.4) is 0 Å². The molecule has 0 aromatic carbocycles. The second-order valence-corrected chi connectivity index (χ2v) is 22.1. The van der Waals surface area contributed by atoms with Gasteiger partial charge in [0.2, 0.25) is 29.5 Å². The summed E-state index contributed by atoms with van der Waals surface area (Å²) in [6.45, 7) is 4.09. The van der Waals surface area contributed by atoms with Crippen LogP contribution in [0.1, 0.15) is 92.7 Å². The number of nitrogens with one attached hydrogen (secondary N) is 6. The molecule has 41 heteroatoms. The number of carboxylic acid groups (broad SMARTS) is 2. The molecule has 1 aromatic heterocycles. The summed E-state index contributed by atoms with van der Waals surface area (Å²) in [7, 11) is -11.9. The second kappa shape index (κ2) is 36.9. The Morgan fingerprint density at radius 1 is 0.779 bits per heavy atom. The fourth-order valence-electron chi connectivity index (χ4n) is 7.67. The van der Waals surface area contributed by atoms with E-state index in [9.17, 15) is 97.5 Å². The molecule has 0 bridgehead atoms.